The first-order valence-electron chi connectivity index (χ1n) is 7.73. The summed E-state index contributed by atoms with van der Waals surface area (Å²) in [6.07, 6.45) is 4.08. The van der Waals surface area contributed by atoms with Crippen LogP contribution in [-0.2, 0) is 9.53 Å². The number of anilines is 1. The highest BCUT2D eigenvalue weighted by molar-refractivity contribution is 5.74. The number of carbonyl (C=O) groups is 1. The molecule has 1 aromatic rings. The van der Waals surface area contributed by atoms with E-state index in [1.54, 1.807) is 6.92 Å². The van der Waals surface area contributed by atoms with E-state index in [2.05, 4.69) is 22.9 Å². The Morgan fingerprint density at radius 3 is 2.76 bits per heavy atom. The molecule has 21 heavy (non-hydrogen) atoms. The molecule has 1 atom stereocenters. The van der Waals surface area contributed by atoms with Gasteiger partial charge >= 0.3 is 0 Å². The molecule has 0 radical (unpaired) electrons. The second-order valence-corrected chi connectivity index (χ2v) is 5.87. The van der Waals surface area contributed by atoms with Crippen molar-refractivity contribution in [1.29, 1.82) is 0 Å². The van der Waals surface area contributed by atoms with Gasteiger partial charge in [0.15, 0.2) is 0 Å². The van der Waals surface area contributed by atoms with Crippen LogP contribution in [0.5, 0.6) is 0 Å². The molecule has 0 aromatic carbocycles. The molecule has 0 aliphatic carbocycles. The van der Waals surface area contributed by atoms with Gasteiger partial charge in [-0.3, -0.25) is 4.79 Å². The second kappa shape index (κ2) is 6.02. The van der Waals surface area contributed by atoms with E-state index < -0.39 is 0 Å². The first kappa shape index (κ1) is 14.3. The Balaban J connectivity index is 1.82. The maximum absolute atomic E-state index is 11.7. The summed E-state index contributed by atoms with van der Waals surface area (Å²) in [5.74, 6) is 1.18. The van der Waals surface area contributed by atoms with Gasteiger partial charge in [-0.1, -0.05) is 0 Å². The highest BCUT2D eigenvalue weighted by Crippen LogP contribution is 2.34. The summed E-state index contributed by atoms with van der Waals surface area (Å²) in [5, 5.41) is 0. The zero-order valence-electron chi connectivity index (χ0n) is 12.8. The van der Waals surface area contributed by atoms with Gasteiger partial charge in [-0.15, -0.1) is 0 Å². The number of pyridine rings is 1. The molecule has 0 saturated carbocycles. The number of carbonyl (C=O) groups excluding carboxylic acids is 1. The van der Waals surface area contributed by atoms with Crippen molar-refractivity contribution in [2.75, 3.05) is 37.7 Å². The van der Waals surface area contributed by atoms with E-state index in [1.165, 1.54) is 11.1 Å². The lowest BCUT2D eigenvalue weighted by Crippen LogP contribution is -2.37. The van der Waals surface area contributed by atoms with Gasteiger partial charge in [0.1, 0.15) is 5.82 Å². The molecule has 5 heteroatoms. The number of hydrogen-bond donors (Lipinski definition) is 0. The molecule has 3 heterocycles. The van der Waals surface area contributed by atoms with Gasteiger partial charge in [0, 0.05) is 32.8 Å². The Bertz CT molecular complexity index is 526. The van der Waals surface area contributed by atoms with Crippen molar-refractivity contribution in [3.63, 3.8) is 0 Å². The predicted octanol–water partition coefficient (Wildman–Crippen LogP) is 1.91. The van der Waals surface area contributed by atoms with Gasteiger partial charge in [-0.25, -0.2) is 4.98 Å². The minimum Gasteiger partial charge on any atom is -0.378 e. The first-order chi connectivity index (χ1) is 10.2. The SMILES string of the molecule is CC(=O)N1CCC[C@@H]1c1cnc(N2CCOCC2)cc1C. The fraction of sp³-hybridized carbons (Fsp3) is 0.625. The van der Waals surface area contributed by atoms with Gasteiger partial charge in [-0.2, -0.15) is 0 Å². The molecule has 0 N–H and O–H groups in total. The van der Waals surface area contributed by atoms with Crippen molar-refractivity contribution >= 4 is 11.7 Å². The zero-order valence-corrected chi connectivity index (χ0v) is 12.8. The van der Waals surface area contributed by atoms with Gasteiger partial charge in [0.25, 0.3) is 0 Å². The molecule has 3 rings (SSSR count). The number of ether oxygens (including phenoxy) is 1. The molecule has 114 valence electrons. The van der Waals surface area contributed by atoms with E-state index in [1.807, 2.05) is 11.1 Å². The van der Waals surface area contributed by atoms with Crippen LogP contribution < -0.4 is 4.90 Å². The molecule has 1 aromatic heterocycles. The van der Waals surface area contributed by atoms with Gasteiger partial charge in [0.2, 0.25) is 5.91 Å². The molecule has 2 fully saturated rings. The fourth-order valence-electron chi connectivity index (χ4n) is 3.33. The Kier molecular flexibility index (Phi) is 4.10. The van der Waals surface area contributed by atoms with E-state index in [9.17, 15) is 4.79 Å². The van der Waals surface area contributed by atoms with Crippen LogP contribution in [-0.4, -0.2) is 48.6 Å². The Hall–Kier alpha value is -1.62. The number of amides is 1. The minimum atomic E-state index is 0.161. The van der Waals surface area contributed by atoms with Crippen molar-refractivity contribution in [3.05, 3.63) is 23.4 Å². The number of hydrogen-bond acceptors (Lipinski definition) is 4. The molecule has 0 spiro atoms. The smallest absolute Gasteiger partial charge is 0.219 e. The lowest BCUT2D eigenvalue weighted by molar-refractivity contribution is -0.129. The Morgan fingerprint density at radius 1 is 1.33 bits per heavy atom. The summed E-state index contributed by atoms with van der Waals surface area (Å²) in [4.78, 5) is 20.6. The van der Waals surface area contributed by atoms with Crippen molar-refractivity contribution in [3.8, 4) is 0 Å². The first-order valence-corrected chi connectivity index (χ1v) is 7.73. The predicted molar refractivity (Wildman–Crippen MR) is 81.4 cm³/mol. The van der Waals surface area contributed by atoms with Gasteiger partial charge in [-0.05, 0) is 37.0 Å². The molecule has 0 bridgehead atoms. The topological polar surface area (TPSA) is 45.7 Å². The van der Waals surface area contributed by atoms with Crippen LogP contribution in [0.1, 0.15) is 36.9 Å². The van der Waals surface area contributed by atoms with E-state index >= 15 is 0 Å². The number of morpholine rings is 1. The normalized spacial score (nSPS) is 22.7. The highest BCUT2D eigenvalue weighted by Gasteiger charge is 2.29. The molecule has 1 amide bonds. The van der Waals surface area contributed by atoms with E-state index in [4.69, 9.17) is 4.74 Å². The minimum absolute atomic E-state index is 0.161. The summed E-state index contributed by atoms with van der Waals surface area (Å²) in [5.41, 5.74) is 2.42. The van der Waals surface area contributed by atoms with E-state index in [0.29, 0.717) is 0 Å². The summed E-state index contributed by atoms with van der Waals surface area (Å²) in [6, 6.07) is 2.35. The molecule has 5 nitrogen and oxygen atoms in total. The average Bonchev–Trinajstić information content (AvgIpc) is 2.97. The molecule has 2 aliphatic heterocycles. The van der Waals surface area contributed by atoms with E-state index in [0.717, 1.165) is 51.5 Å². The van der Waals surface area contributed by atoms with Crippen molar-refractivity contribution in [2.24, 2.45) is 0 Å². The molecule has 2 saturated heterocycles. The standard InChI is InChI=1S/C16H23N3O2/c1-12-10-16(18-6-8-21-9-7-18)17-11-14(12)15-4-3-5-19(15)13(2)20/h10-11,15H,3-9H2,1-2H3/t15-/m1/s1. The monoisotopic (exact) mass is 289 g/mol. The molecular formula is C16H23N3O2. The zero-order chi connectivity index (χ0) is 14.8. The maximum atomic E-state index is 11.7. The van der Waals surface area contributed by atoms with Gasteiger partial charge < -0.3 is 14.5 Å². The number of aromatic nitrogens is 1. The van der Waals surface area contributed by atoms with Crippen LogP contribution in [0.3, 0.4) is 0 Å². The number of likely N-dealkylation sites (tertiary alicyclic amines) is 1. The Labute approximate surface area is 125 Å². The average molecular weight is 289 g/mol. The van der Waals surface area contributed by atoms with Crippen molar-refractivity contribution in [1.82, 2.24) is 9.88 Å². The van der Waals surface area contributed by atoms with Crippen LogP contribution in [0.2, 0.25) is 0 Å². The number of aryl methyl sites for hydroxylation is 1. The lowest BCUT2D eigenvalue weighted by Gasteiger charge is -2.29. The third kappa shape index (κ3) is 2.88. The second-order valence-electron chi connectivity index (χ2n) is 5.87. The molecule has 2 aliphatic rings. The highest BCUT2D eigenvalue weighted by atomic mass is 16.5. The third-order valence-electron chi connectivity index (χ3n) is 4.49. The van der Waals surface area contributed by atoms with Crippen LogP contribution in [0.15, 0.2) is 12.3 Å². The third-order valence-corrected chi connectivity index (χ3v) is 4.49. The molecular weight excluding hydrogens is 266 g/mol. The van der Waals surface area contributed by atoms with E-state index in [-0.39, 0.29) is 11.9 Å². The summed E-state index contributed by atoms with van der Waals surface area (Å²) < 4.78 is 5.38. The van der Waals surface area contributed by atoms with Crippen molar-refractivity contribution in [2.45, 2.75) is 32.7 Å². The largest absolute Gasteiger partial charge is 0.378 e. The van der Waals surface area contributed by atoms with Gasteiger partial charge in [0.05, 0.1) is 19.3 Å². The lowest BCUT2D eigenvalue weighted by atomic mass is 10.0. The molecule has 0 unspecified atom stereocenters. The number of rotatable bonds is 2. The maximum Gasteiger partial charge on any atom is 0.219 e. The summed E-state index contributed by atoms with van der Waals surface area (Å²) >= 11 is 0. The number of nitrogens with zero attached hydrogens (tertiary/aromatic N) is 3. The quantitative estimate of drug-likeness (QED) is 0.834. The van der Waals surface area contributed by atoms with Crippen LogP contribution in [0.4, 0.5) is 5.82 Å². The summed E-state index contributed by atoms with van der Waals surface area (Å²) in [6.45, 7) is 7.97. The summed E-state index contributed by atoms with van der Waals surface area (Å²) in [7, 11) is 0. The van der Waals surface area contributed by atoms with Crippen LogP contribution in [0.25, 0.3) is 0 Å². The van der Waals surface area contributed by atoms with Crippen LogP contribution in [0, 0.1) is 6.92 Å². The van der Waals surface area contributed by atoms with Crippen LogP contribution >= 0.6 is 0 Å². The fourth-order valence-corrected chi connectivity index (χ4v) is 3.33. The Morgan fingerprint density at radius 2 is 2.10 bits per heavy atom. The van der Waals surface area contributed by atoms with Crippen molar-refractivity contribution < 1.29 is 9.53 Å².